The van der Waals surface area contributed by atoms with Gasteiger partial charge in [-0.2, -0.15) is 0 Å². The molecule has 0 saturated heterocycles. The first kappa shape index (κ1) is 12.6. The van der Waals surface area contributed by atoms with Gasteiger partial charge in [-0.15, -0.1) is 0 Å². The largest absolute Gasteiger partial charge is 0.406 e. The Balaban J connectivity index is 1.68. The summed E-state index contributed by atoms with van der Waals surface area (Å²) in [6.07, 6.45) is 1.51. The zero-order chi connectivity index (χ0) is 13.8. The van der Waals surface area contributed by atoms with Crippen LogP contribution in [0.15, 0.2) is 65.7 Å². The van der Waals surface area contributed by atoms with Gasteiger partial charge in [0.25, 0.3) is 0 Å². The molecule has 0 fully saturated rings. The second-order valence-corrected chi connectivity index (χ2v) is 4.76. The molecule has 1 heterocycles. The predicted octanol–water partition coefficient (Wildman–Crippen LogP) is 2.99. The minimum absolute atomic E-state index is 0.250. The number of rotatable bonds is 4. The zero-order valence-corrected chi connectivity index (χ0v) is 11.0. The van der Waals surface area contributed by atoms with Crippen molar-refractivity contribution in [2.75, 3.05) is 0 Å². The molecular formula is C17H15NO2. The molecule has 0 radical (unpaired) electrons. The minimum atomic E-state index is -0.384. The van der Waals surface area contributed by atoms with Crippen molar-refractivity contribution in [3.05, 3.63) is 71.8 Å². The molecule has 3 rings (SSSR count). The summed E-state index contributed by atoms with van der Waals surface area (Å²) in [6.45, 7) is 0. The summed E-state index contributed by atoms with van der Waals surface area (Å²) in [4.78, 5) is 16.2. The van der Waals surface area contributed by atoms with Gasteiger partial charge >= 0.3 is 5.97 Å². The maximum atomic E-state index is 11.8. The van der Waals surface area contributed by atoms with Gasteiger partial charge < -0.3 is 4.74 Å². The van der Waals surface area contributed by atoms with Crippen LogP contribution in [0.25, 0.3) is 0 Å². The minimum Gasteiger partial charge on any atom is -0.406 e. The van der Waals surface area contributed by atoms with Gasteiger partial charge in [0.05, 0.1) is 0 Å². The van der Waals surface area contributed by atoms with E-state index in [1.807, 2.05) is 48.5 Å². The molecule has 0 spiro atoms. The van der Waals surface area contributed by atoms with Crippen molar-refractivity contribution in [2.45, 2.75) is 18.9 Å². The molecule has 0 saturated carbocycles. The molecular weight excluding hydrogens is 250 g/mol. The summed E-state index contributed by atoms with van der Waals surface area (Å²) in [5, 5.41) is 0. The van der Waals surface area contributed by atoms with Crippen molar-refractivity contribution in [1.29, 1.82) is 0 Å². The highest BCUT2D eigenvalue weighted by atomic mass is 16.6. The van der Waals surface area contributed by atoms with E-state index in [2.05, 4.69) is 17.1 Å². The van der Waals surface area contributed by atoms with E-state index in [0.29, 0.717) is 12.3 Å². The molecule has 1 aliphatic rings. The highest BCUT2D eigenvalue weighted by molar-refractivity contribution is 6.06. The number of aryl methyl sites for hydroxylation is 1. The summed E-state index contributed by atoms with van der Waals surface area (Å²) in [5.74, 6) is 0.188. The molecule has 0 amide bonds. The summed E-state index contributed by atoms with van der Waals surface area (Å²) in [7, 11) is 0. The van der Waals surface area contributed by atoms with E-state index in [-0.39, 0.29) is 12.0 Å². The fraction of sp³-hybridized carbons (Fsp3) is 0.176. The first-order valence-corrected chi connectivity index (χ1v) is 6.72. The second kappa shape index (κ2) is 5.70. The Kier molecular flexibility index (Phi) is 3.59. The van der Waals surface area contributed by atoms with E-state index >= 15 is 0 Å². The Morgan fingerprint density at radius 1 is 0.950 bits per heavy atom. The molecule has 1 unspecified atom stereocenters. The fourth-order valence-electron chi connectivity index (χ4n) is 2.23. The molecule has 0 aliphatic carbocycles. The van der Waals surface area contributed by atoms with E-state index in [0.717, 1.165) is 12.0 Å². The van der Waals surface area contributed by atoms with E-state index in [1.165, 1.54) is 5.56 Å². The third kappa shape index (κ3) is 2.77. The summed E-state index contributed by atoms with van der Waals surface area (Å²) in [6, 6.07) is 19.2. The molecule has 2 aromatic carbocycles. The summed E-state index contributed by atoms with van der Waals surface area (Å²) in [5.41, 5.74) is 2.06. The van der Waals surface area contributed by atoms with Gasteiger partial charge in [0.1, 0.15) is 0 Å². The molecule has 100 valence electrons. The van der Waals surface area contributed by atoms with Gasteiger partial charge in [-0.05, 0) is 30.5 Å². The lowest BCUT2D eigenvalue weighted by molar-refractivity contribution is -0.135. The lowest BCUT2D eigenvalue weighted by Crippen LogP contribution is -2.15. The Morgan fingerprint density at radius 2 is 1.60 bits per heavy atom. The number of benzene rings is 2. The molecule has 3 heteroatoms. The number of cyclic esters (lactones) is 1. The normalized spacial score (nSPS) is 17.7. The van der Waals surface area contributed by atoms with Gasteiger partial charge in [-0.3, -0.25) is 0 Å². The molecule has 0 aromatic heterocycles. The van der Waals surface area contributed by atoms with E-state index < -0.39 is 0 Å². The average Bonchev–Trinajstić information content (AvgIpc) is 2.88. The van der Waals surface area contributed by atoms with Crippen LogP contribution in [0.5, 0.6) is 0 Å². The van der Waals surface area contributed by atoms with E-state index in [1.54, 1.807) is 0 Å². The van der Waals surface area contributed by atoms with Crippen molar-refractivity contribution >= 4 is 11.9 Å². The van der Waals surface area contributed by atoms with Crippen LogP contribution in [0.3, 0.4) is 0 Å². The summed E-state index contributed by atoms with van der Waals surface area (Å²) < 4.78 is 5.26. The lowest BCUT2D eigenvalue weighted by atomic mass is 10.1. The highest BCUT2D eigenvalue weighted by Gasteiger charge is 2.29. The number of hydrogen-bond donors (Lipinski definition) is 0. The molecule has 0 bridgehead atoms. The van der Waals surface area contributed by atoms with Gasteiger partial charge in [-0.25, -0.2) is 9.79 Å². The number of aliphatic imine (C=N–C) groups is 1. The van der Waals surface area contributed by atoms with E-state index in [9.17, 15) is 4.79 Å². The quantitative estimate of drug-likeness (QED) is 0.797. The number of carbonyl (C=O) groups excluding carboxylic acids is 1. The molecule has 20 heavy (non-hydrogen) atoms. The van der Waals surface area contributed by atoms with E-state index in [4.69, 9.17) is 4.74 Å². The van der Waals surface area contributed by atoms with Crippen LogP contribution in [0, 0.1) is 0 Å². The Morgan fingerprint density at radius 3 is 2.30 bits per heavy atom. The third-order valence-corrected chi connectivity index (χ3v) is 3.31. The standard InChI is InChI=1S/C17H15NO2/c19-17-15(12-11-13-7-3-1-4-8-13)18-16(20-17)14-9-5-2-6-10-14/h1-10,15H,11-12H2. The molecule has 1 aliphatic heterocycles. The monoisotopic (exact) mass is 265 g/mol. The maximum Gasteiger partial charge on any atom is 0.337 e. The SMILES string of the molecule is O=C1OC(c2ccccc2)=NC1CCc1ccccc1. The molecule has 0 N–H and O–H groups in total. The van der Waals surface area contributed by atoms with Gasteiger partial charge in [-0.1, -0.05) is 48.5 Å². The van der Waals surface area contributed by atoms with Crippen molar-refractivity contribution in [2.24, 2.45) is 4.99 Å². The maximum absolute atomic E-state index is 11.8. The number of hydrogen-bond acceptors (Lipinski definition) is 3. The predicted molar refractivity (Wildman–Crippen MR) is 77.6 cm³/mol. The lowest BCUT2D eigenvalue weighted by Gasteiger charge is -2.03. The van der Waals surface area contributed by atoms with Crippen LogP contribution >= 0.6 is 0 Å². The first-order chi connectivity index (χ1) is 9.83. The number of carbonyl (C=O) groups is 1. The first-order valence-electron chi connectivity index (χ1n) is 6.72. The highest BCUT2D eigenvalue weighted by Crippen LogP contribution is 2.17. The van der Waals surface area contributed by atoms with Gasteiger partial charge in [0.15, 0.2) is 6.04 Å². The van der Waals surface area contributed by atoms with Crippen LogP contribution in [-0.2, 0) is 16.0 Å². The van der Waals surface area contributed by atoms with Gasteiger partial charge in [0, 0.05) is 5.56 Å². The van der Waals surface area contributed by atoms with Crippen LogP contribution < -0.4 is 0 Å². The van der Waals surface area contributed by atoms with Crippen molar-refractivity contribution < 1.29 is 9.53 Å². The van der Waals surface area contributed by atoms with Crippen molar-refractivity contribution in [3.8, 4) is 0 Å². The van der Waals surface area contributed by atoms with Crippen molar-refractivity contribution in [3.63, 3.8) is 0 Å². The Hall–Kier alpha value is -2.42. The number of ether oxygens (including phenoxy) is 1. The van der Waals surface area contributed by atoms with Crippen LogP contribution in [-0.4, -0.2) is 17.9 Å². The molecule has 3 nitrogen and oxygen atoms in total. The number of esters is 1. The smallest absolute Gasteiger partial charge is 0.337 e. The Bertz CT molecular complexity index is 620. The van der Waals surface area contributed by atoms with Crippen LogP contribution in [0.2, 0.25) is 0 Å². The van der Waals surface area contributed by atoms with Crippen LogP contribution in [0.1, 0.15) is 17.5 Å². The molecule has 2 aromatic rings. The number of nitrogens with zero attached hydrogens (tertiary/aromatic N) is 1. The zero-order valence-electron chi connectivity index (χ0n) is 11.0. The average molecular weight is 265 g/mol. The fourth-order valence-corrected chi connectivity index (χ4v) is 2.23. The summed E-state index contributed by atoms with van der Waals surface area (Å²) >= 11 is 0. The molecule has 1 atom stereocenters. The topological polar surface area (TPSA) is 38.7 Å². The van der Waals surface area contributed by atoms with Crippen LogP contribution in [0.4, 0.5) is 0 Å². The third-order valence-electron chi connectivity index (χ3n) is 3.31. The van der Waals surface area contributed by atoms with Gasteiger partial charge in [0.2, 0.25) is 5.90 Å². The Labute approximate surface area is 117 Å². The second-order valence-electron chi connectivity index (χ2n) is 4.76. The van der Waals surface area contributed by atoms with Crippen molar-refractivity contribution in [1.82, 2.24) is 0 Å².